The molecular formula is C10H20N2O3S. The van der Waals surface area contributed by atoms with Crippen LogP contribution in [-0.4, -0.2) is 53.6 Å². The molecule has 0 bridgehead atoms. The lowest BCUT2D eigenvalue weighted by atomic mass is 10.2. The van der Waals surface area contributed by atoms with Gasteiger partial charge in [-0.1, -0.05) is 6.92 Å². The minimum absolute atomic E-state index is 0.345. The minimum Gasteiger partial charge on any atom is -0.480 e. The van der Waals surface area contributed by atoms with Gasteiger partial charge in [-0.3, -0.25) is 0 Å². The van der Waals surface area contributed by atoms with Crippen LogP contribution in [0.4, 0.5) is 4.79 Å². The maximum atomic E-state index is 11.5. The molecule has 0 heterocycles. The summed E-state index contributed by atoms with van der Waals surface area (Å²) in [7, 11) is 1.48. The number of rotatable bonds is 6. The zero-order valence-corrected chi connectivity index (χ0v) is 11.0. The average Bonchev–Trinajstić information content (AvgIpc) is 2.24. The normalized spacial score (nSPS) is 14.0. The van der Waals surface area contributed by atoms with Crippen LogP contribution in [0.2, 0.25) is 0 Å². The Labute approximate surface area is 101 Å². The number of nitrogens with zero attached hydrogens (tertiary/aromatic N) is 1. The monoisotopic (exact) mass is 248 g/mol. The summed E-state index contributed by atoms with van der Waals surface area (Å²) >= 11 is 1.72. The Morgan fingerprint density at radius 3 is 2.44 bits per heavy atom. The van der Waals surface area contributed by atoms with Gasteiger partial charge >= 0.3 is 12.0 Å². The van der Waals surface area contributed by atoms with Crippen molar-refractivity contribution < 1.29 is 14.7 Å². The van der Waals surface area contributed by atoms with Crippen molar-refractivity contribution in [2.24, 2.45) is 5.92 Å². The van der Waals surface area contributed by atoms with Crippen molar-refractivity contribution >= 4 is 23.8 Å². The Morgan fingerprint density at radius 2 is 2.00 bits per heavy atom. The highest BCUT2D eigenvalue weighted by atomic mass is 32.2. The Kier molecular flexibility index (Phi) is 6.96. The summed E-state index contributed by atoms with van der Waals surface area (Å²) in [5.74, 6) is 0.348. The zero-order chi connectivity index (χ0) is 12.7. The number of hydrogen-bond acceptors (Lipinski definition) is 3. The van der Waals surface area contributed by atoms with Gasteiger partial charge in [-0.2, -0.15) is 11.8 Å². The summed E-state index contributed by atoms with van der Waals surface area (Å²) in [5, 5.41) is 11.5. The third-order valence-electron chi connectivity index (χ3n) is 2.31. The fraction of sp³-hybridized carbons (Fsp3) is 0.800. The molecular weight excluding hydrogens is 228 g/mol. The van der Waals surface area contributed by atoms with Gasteiger partial charge in [0.15, 0.2) is 0 Å². The number of amides is 2. The Bertz CT molecular complexity index is 248. The number of carboxylic acid groups (broad SMARTS) is 1. The van der Waals surface area contributed by atoms with Gasteiger partial charge < -0.3 is 15.3 Å². The third kappa shape index (κ3) is 5.25. The summed E-state index contributed by atoms with van der Waals surface area (Å²) in [6, 6.07) is -1.15. The van der Waals surface area contributed by atoms with Crippen molar-refractivity contribution in [1.29, 1.82) is 0 Å². The van der Waals surface area contributed by atoms with Gasteiger partial charge in [0.2, 0.25) is 0 Å². The predicted octanol–water partition coefficient (Wildman–Crippen LogP) is 1.10. The van der Waals surface area contributed by atoms with Crippen molar-refractivity contribution in [3.63, 3.8) is 0 Å². The molecule has 6 heteroatoms. The molecule has 0 fully saturated rings. The first kappa shape index (κ1) is 15.1. The fourth-order valence-corrected chi connectivity index (χ4v) is 1.76. The first-order valence-electron chi connectivity index (χ1n) is 5.12. The topological polar surface area (TPSA) is 69.6 Å². The summed E-state index contributed by atoms with van der Waals surface area (Å²) in [4.78, 5) is 23.4. The minimum atomic E-state index is -1.00. The summed E-state index contributed by atoms with van der Waals surface area (Å²) in [6.07, 6.45) is 2.01. The lowest BCUT2D eigenvalue weighted by Gasteiger charge is -2.22. The molecule has 0 saturated heterocycles. The van der Waals surface area contributed by atoms with Crippen LogP contribution in [0.15, 0.2) is 0 Å². The molecule has 0 rings (SSSR count). The Balaban J connectivity index is 4.01. The molecule has 0 aromatic heterocycles. The highest BCUT2D eigenvalue weighted by Crippen LogP contribution is 2.03. The molecule has 0 aromatic carbocycles. The molecule has 2 amide bonds. The number of carboxylic acids is 1. The average molecular weight is 248 g/mol. The number of hydrogen-bond donors (Lipinski definition) is 2. The fourth-order valence-electron chi connectivity index (χ4n) is 1.07. The zero-order valence-electron chi connectivity index (χ0n) is 10.2. The molecule has 16 heavy (non-hydrogen) atoms. The van der Waals surface area contributed by atoms with Crippen LogP contribution in [0.5, 0.6) is 0 Å². The van der Waals surface area contributed by atoms with E-state index >= 15 is 0 Å². The quantitative estimate of drug-likeness (QED) is 0.738. The number of carbonyl (C=O) groups excluding carboxylic acids is 1. The summed E-state index contributed by atoms with van der Waals surface area (Å²) in [6.45, 7) is 4.08. The van der Waals surface area contributed by atoms with E-state index in [2.05, 4.69) is 5.32 Å². The number of thioether (sulfide) groups is 1. The number of urea groups is 1. The van der Waals surface area contributed by atoms with Gasteiger partial charge in [-0.15, -0.1) is 0 Å². The van der Waals surface area contributed by atoms with Crippen LogP contribution in [0, 0.1) is 5.92 Å². The van der Waals surface area contributed by atoms with E-state index in [4.69, 9.17) is 5.11 Å². The molecule has 0 saturated carbocycles. The predicted molar refractivity (Wildman–Crippen MR) is 65.8 cm³/mol. The van der Waals surface area contributed by atoms with Gasteiger partial charge in [0, 0.05) is 13.6 Å². The molecule has 0 spiro atoms. The molecule has 94 valence electrons. The lowest BCUT2D eigenvalue weighted by Crippen LogP contribution is -2.46. The van der Waals surface area contributed by atoms with Crippen molar-refractivity contribution in [1.82, 2.24) is 10.2 Å². The molecule has 2 unspecified atom stereocenters. The smallest absolute Gasteiger partial charge is 0.326 e. The lowest BCUT2D eigenvalue weighted by molar-refractivity contribution is -0.141. The van der Waals surface area contributed by atoms with E-state index in [0.29, 0.717) is 12.5 Å². The molecule has 0 aromatic rings. The van der Waals surface area contributed by atoms with E-state index < -0.39 is 12.0 Å². The second-order valence-electron chi connectivity index (χ2n) is 3.87. The molecule has 0 aliphatic rings. The highest BCUT2D eigenvalue weighted by Gasteiger charge is 2.21. The number of likely N-dealkylation sites (N-methyl/N-ethyl adjacent to an activating group) is 1. The van der Waals surface area contributed by atoms with E-state index in [0.717, 1.165) is 5.75 Å². The molecule has 0 aliphatic carbocycles. The van der Waals surface area contributed by atoms with Gasteiger partial charge in [0.25, 0.3) is 0 Å². The molecule has 0 aliphatic heterocycles. The van der Waals surface area contributed by atoms with Crippen LogP contribution < -0.4 is 5.32 Å². The third-order valence-corrected chi connectivity index (χ3v) is 3.21. The van der Waals surface area contributed by atoms with Crippen LogP contribution in [0.3, 0.4) is 0 Å². The second kappa shape index (κ2) is 7.38. The first-order valence-corrected chi connectivity index (χ1v) is 6.52. The van der Waals surface area contributed by atoms with Gasteiger partial charge in [0.05, 0.1) is 0 Å². The van der Waals surface area contributed by atoms with Gasteiger partial charge in [0.1, 0.15) is 6.04 Å². The van der Waals surface area contributed by atoms with Gasteiger partial charge in [-0.25, -0.2) is 9.59 Å². The Morgan fingerprint density at radius 1 is 1.44 bits per heavy atom. The summed E-state index contributed by atoms with van der Waals surface area (Å²) < 4.78 is 0. The van der Waals surface area contributed by atoms with Crippen molar-refractivity contribution in [2.75, 3.05) is 25.6 Å². The second-order valence-corrected chi connectivity index (χ2v) is 4.78. The number of carbonyl (C=O) groups is 2. The van der Waals surface area contributed by atoms with E-state index in [1.54, 1.807) is 11.8 Å². The standard InChI is InChI=1S/C10H20N2O3S/c1-7(6-16-4)5-11-10(15)12(3)8(2)9(13)14/h7-8H,5-6H2,1-4H3,(H,11,15)(H,13,14). The van der Waals surface area contributed by atoms with Crippen molar-refractivity contribution in [2.45, 2.75) is 19.9 Å². The van der Waals surface area contributed by atoms with E-state index in [1.807, 2.05) is 13.2 Å². The largest absolute Gasteiger partial charge is 0.480 e. The van der Waals surface area contributed by atoms with Crippen LogP contribution in [0.1, 0.15) is 13.8 Å². The van der Waals surface area contributed by atoms with Gasteiger partial charge in [-0.05, 0) is 24.9 Å². The first-order chi connectivity index (χ1) is 7.40. The molecule has 2 atom stereocenters. The maximum absolute atomic E-state index is 11.5. The van der Waals surface area contributed by atoms with E-state index in [-0.39, 0.29) is 6.03 Å². The maximum Gasteiger partial charge on any atom is 0.326 e. The van der Waals surface area contributed by atoms with E-state index in [1.165, 1.54) is 18.9 Å². The van der Waals surface area contributed by atoms with Crippen LogP contribution in [-0.2, 0) is 4.79 Å². The van der Waals surface area contributed by atoms with Crippen molar-refractivity contribution in [3.8, 4) is 0 Å². The molecule has 0 radical (unpaired) electrons. The summed E-state index contributed by atoms with van der Waals surface area (Å²) in [5.41, 5.74) is 0. The molecule has 5 nitrogen and oxygen atoms in total. The highest BCUT2D eigenvalue weighted by molar-refractivity contribution is 7.98. The molecule has 2 N–H and O–H groups in total. The van der Waals surface area contributed by atoms with Crippen LogP contribution >= 0.6 is 11.8 Å². The SMILES string of the molecule is CSCC(C)CNC(=O)N(C)C(C)C(=O)O. The Hall–Kier alpha value is -0.910. The van der Waals surface area contributed by atoms with Crippen LogP contribution in [0.25, 0.3) is 0 Å². The van der Waals surface area contributed by atoms with E-state index in [9.17, 15) is 9.59 Å². The van der Waals surface area contributed by atoms with Crippen molar-refractivity contribution in [3.05, 3.63) is 0 Å². The number of nitrogens with one attached hydrogen (secondary N) is 1. The number of aliphatic carboxylic acids is 1.